The normalized spacial score (nSPS) is 24.9. The lowest BCUT2D eigenvalue weighted by Gasteiger charge is -2.15. The minimum Gasteiger partial charge on any atom is -0.493 e. The molecule has 2 aromatic rings. The monoisotopic (exact) mass is 470 g/mol. The van der Waals surface area contributed by atoms with Gasteiger partial charge in [-0.05, 0) is 63.4 Å². The molecule has 5 nitrogen and oxygen atoms in total. The van der Waals surface area contributed by atoms with E-state index in [4.69, 9.17) is 9.47 Å². The van der Waals surface area contributed by atoms with Gasteiger partial charge in [0.25, 0.3) is 0 Å². The van der Waals surface area contributed by atoms with Crippen LogP contribution in [0, 0.1) is 17.3 Å². The summed E-state index contributed by atoms with van der Waals surface area (Å²) in [6, 6.07) is 13.7. The van der Waals surface area contributed by atoms with Crippen molar-refractivity contribution in [2.45, 2.75) is 39.2 Å². The van der Waals surface area contributed by atoms with Crippen LogP contribution < -0.4 is 14.9 Å². The standard InChI is InChI=1S/C24H27BrN2O3/c1-24-11-7-6-10-18(24)21(24)23(28)27-26-14-17-12-19(25)22(20(13-17)29-2)30-15-16-8-4-3-5-9-16/h3-5,8-9,12-14,18,21H,6-7,10-11,15H2,1-2H3,(H,27,28)/b26-14-/t18-,21+,24+/m1/s1. The number of fused-ring (bicyclic) bond motifs is 1. The largest absolute Gasteiger partial charge is 0.493 e. The van der Waals surface area contributed by atoms with E-state index in [0.29, 0.717) is 24.0 Å². The molecule has 0 bridgehead atoms. The third kappa shape index (κ3) is 4.24. The first kappa shape index (κ1) is 20.9. The second-order valence-electron chi connectivity index (χ2n) is 8.38. The Hall–Kier alpha value is -2.34. The molecule has 6 heteroatoms. The highest BCUT2D eigenvalue weighted by atomic mass is 79.9. The van der Waals surface area contributed by atoms with Gasteiger partial charge >= 0.3 is 0 Å². The van der Waals surface area contributed by atoms with Gasteiger partial charge in [0, 0.05) is 5.92 Å². The first-order valence-electron chi connectivity index (χ1n) is 10.4. The van der Waals surface area contributed by atoms with E-state index in [0.717, 1.165) is 28.4 Å². The van der Waals surface area contributed by atoms with E-state index in [1.807, 2.05) is 42.5 Å². The number of nitrogens with zero attached hydrogens (tertiary/aromatic N) is 1. The van der Waals surface area contributed by atoms with E-state index in [2.05, 4.69) is 33.4 Å². The maximum Gasteiger partial charge on any atom is 0.244 e. The summed E-state index contributed by atoms with van der Waals surface area (Å²) in [5.74, 6) is 1.91. The van der Waals surface area contributed by atoms with Crippen LogP contribution in [0.25, 0.3) is 0 Å². The van der Waals surface area contributed by atoms with Gasteiger partial charge in [-0.15, -0.1) is 0 Å². The van der Waals surface area contributed by atoms with Crippen LogP contribution in [0.2, 0.25) is 0 Å². The van der Waals surface area contributed by atoms with E-state index in [1.165, 1.54) is 12.8 Å². The molecule has 30 heavy (non-hydrogen) atoms. The molecule has 0 saturated heterocycles. The summed E-state index contributed by atoms with van der Waals surface area (Å²) in [5.41, 5.74) is 4.81. The van der Waals surface area contributed by atoms with Crippen molar-refractivity contribution in [2.75, 3.05) is 7.11 Å². The molecule has 2 aliphatic carbocycles. The van der Waals surface area contributed by atoms with Crippen molar-refractivity contribution < 1.29 is 14.3 Å². The molecule has 0 unspecified atom stereocenters. The Balaban J connectivity index is 1.39. The van der Waals surface area contributed by atoms with E-state index >= 15 is 0 Å². The molecular formula is C24H27BrN2O3. The Labute approximate surface area is 186 Å². The minimum atomic E-state index is 0.0366. The van der Waals surface area contributed by atoms with Crippen molar-refractivity contribution in [3.63, 3.8) is 0 Å². The Morgan fingerprint density at radius 1 is 1.30 bits per heavy atom. The molecule has 0 aliphatic heterocycles. The average molecular weight is 471 g/mol. The number of methoxy groups -OCH3 is 1. The molecule has 2 fully saturated rings. The minimum absolute atomic E-state index is 0.0366. The molecule has 4 rings (SSSR count). The molecule has 158 valence electrons. The van der Waals surface area contributed by atoms with Crippen molar-refractivity contribution in [1.29, 1.82) is 0 Å². The summed E-state index contributed by atoms with van der Waals surface area (Å²) in [7, 11) is 1.61. The number of halogens is 1. The van der Waals surface area contributed by atoms with Gasteiger partial charge in [-0.2, -0.15) is 5.10 Å². The van der Waals surface area contributed by atoms with Crippen molar-refractivity contribution >= 4 is 28.1 Å². The quantitative estimate of drug-likeness (QED) is 0.440. The molecule has 3 atom stereocenters. The summed E-state index contributed by atoms with van der Waals surface area (Å²) in [5, 5.41) is 4.19. The number of carbonyl (C=O) groups is 1. The predicted molar refractivity (Wildman–Crippen MR) is 121 cm³/mol. The predicted octanol–water partition coefficient (Wildman–Crippen LogP) is 5.31. The fraction of sp³-hybridized carbons (Fsp3) is 0.417. The summed E-state index contributed by atoms with van der Waals surface area (Å²) >= 11 is 3.56. The number of hydrogen-bond donors (Lipinski definition) is 1. The van der Waals surface area contributed by atoms with Gasteiger partial charge in [-0.1, -0.05) is 50.1 Å². The molecular weight excluding hydrogens is 444 g/mol. The summed E-state index contributed by atoms with van der Waals surface area (Å²) in [6.07, 6.45) is 6.41. The molecule has 0 aromatic heterocycles. The van der Waals surface area contributed by atoms with Gasteiger partial charge in [0.15, 0.2) is 11.5 Å². The molecule has 1 amide bonds. The first-order valence-corrected chi connectivity index (χ1v) is 11.2. The fourth-order valence-corrected chi connectivity index (χ4v) is 5.35. The summed E-state index contributed by atoms with van der Waals surface area (Å²) in [4.78, 5) is 12.6. The van der Waals surface area contributed by atoms with Gasteiger partial charge in [0.2, 0.25) is 5.91 Å². The van der Waals surface area contributed by atoms with Crippen LogP contribution in [0.5, 0.6) is 11.5 Å². The molecule has 0 heterocycles. The van der Waals surface area contributed by atoms with Crippen LogP contribution in [0.4, 0.5) is 0 Å². The van der Waals surface area contributed by atoms with Gasteiger partial charge in [0.1, 0.15) is 6.61 Å². The second-order valence-corrected chi connectivity index (χ2v) is 9.23. The highest BCUT2D eigenvalue weighted by Gasteiger charge is 2.64. The molecule has 2 aliphatic rings. The maximum absolute atomic E-state index is 12.6. The molecule has 2 aromatic carbocycles. The van der Waals surface area contributed by atoms with Crippen molar-refractivity contribution in [2.24, 2.45) is 22.4 Å². The number of ether oxygens (including phenoxy) is 2. The third-order valence-electron chi connectivity index (χ3n) is 6.48. The van der Waals surface area contributed by atoms with Gasteiger partial charge in [0.05, 0.1) is 17.8 Å². The van der Waals surface area contributed by atoms with Crippen LogP contribution >= 0.6 is 15.9 Å². The van der Waals surface area contributed by atoms with E-state index in [1.54, 1.807) is 13.3 Å². The van der Waals surface area contributed by atoms with Crippen LogP contribution in [0.3, 0.4) is 0 Å². The zero-order valence-corrected chi connectivity index (χ0v) is 18.9. The Morgan fingerprint density at radius 3 is 2.80 bits per heavy atom. The topological polar surface area (TPSA) is 59.9 Å². The van der Waals surface area contributed by atoms with Crippen LogP contribution in [0.1, 0.15) is 43.7 Å². The Bertz CT molecular complexity index is 947. The molecule has 1 N–H and O–H groups in total. The summed E-state index contributed by atoms with van der Waals surface area (Å²) in [6.45, 7) is 2.68. The SMILES string of the molecule is COc1cc(/C=N\NC(=O)[C@@H]2[C@H]3CCCC[C@@]32C)cc(Br)c1OCc1ccccc1. The van der Waals surface area contributed by atoms with Crippen LogP contribution in [0.15, 0.2) is 52.0 Å². The number of hydrogen-bond acceptors (Lipinski definition) is 4. The Kier molecular flexibility index (Phi) is 6.14. The van der Waals surface area contributed by atoms with Crippen molar-refractivity contribution in [3.8, 4) is 11.5 Å². The number of hydrazone groups is 1. The van der Waals surface area contributed by atoms with Crippen molar-refractivity contribution in [1.82, 2.24) is 5.43 Å². The van der Waals surface area contributed by atoms with Crippen LogP contribution in [-0.2, 0) is 11.4 Å². The van der Waals surface area contributed by atoms with Crippen LogP contribution in [-0.4, -0.2) is 19.2 Å². The molecule has 2 saturated carbocycles. The second kappa shape index (κ2) is 8.80. The summed E-state index contributed by atoms with van der Waals surface area (Å²) < 4.78 is 12.2. The highest BCUT2D eigenvalue weighted by molar-refractivity contribution is 9.10. The van der Waals surface area contributed by atoms with Gasteiger partial charge < -0.3 is 9.47 Å². The lowest BCUT2D eigenvalue weighted by Crippen LogP contribution is -2.22. The number of amides is 1. The fourth-order valence-electron chi connectivity index (χ4n) is 4.77. The Morgan fingerprint density at radius 2 is 2.10 bits per heavy atom. The van der Waals surface area contributed by atoms with E-state index < -0.39 is 0 Å². The average Bonchev–Trinajstić information content (AvgIpc) is 3.38. The van der Waals surface area contributed by atoms with Crippen molar-refractivity contribution in [3.05, 3.63) is 58.1 Å². The number of benzene rings is 2. The zero-order valence-electron chi connectivity index (χ0n) is 17.4. The lowest BCUT2D eigenvalue weighted by atomic mass is 9.90. The number of rotatable bonds is 7. The first-order chi connectivity index (χ1) is 14.5. The zero-order chi connectivity index (χ0) is 21.1. The third-order valence-corrected chi connectivity index (χ3v) is 7.07. The van der Waals surface area contributed by atoms with Gasteiger partial charge in [-0.3, -0.25) is 4.79 Å². The highest BCUT2D eigenvalue weighted by Crippen LogP contribution is 2.66. The number of nitrogens with one attached hydrogen (secondary N) is 1. The number of carbonyl (C=O) groups excluding carboxylic acids is 1. The van der Waals surface area contributed by atoms with E-state index in [-0.39, 0.29) is 17.2 Å². The smallest absolute Gasteiger partial charge is 0.244 e. The maximum atomic E-state index is 12.6. The molecule has 0 radical (unpaired) electrons. The van der Waals surface area contributed by atoms with E-state index in [9.17, 15) is 4.79 Å². The molecule has 0 spiro atoms. The van der Waals surface area contributed by atoms with Gasteiger partial charge in [-0.25, -0.2) is 5.43 Å². The lowest BCUT2D eigenvalue weighted by molar-refractivity contribution is -0.123.